The van der Waals surface area contributed by atoms with Gasteiger partial charge in [0.2, 0.25) is 0 Å². The van der Waals surface area contributed by atoms with E-state index in [1.54, 1.807) is 18.3 Å². The predicted molar refractivity (Wildman–Crippen MR) is 77.6 cm³/mol. The Morgan fingerprint density at radius 3 is 2.47 bits per heavy atom. The summed E-state index contributed by atoms with van der Waals surface area (Å²) in [7, 11) is 0. The monoisotopic (exact) mass is 252 g/mol. The van der Waals surface area contributed by atoms with Gasteiger partial charge in [0.05, 0.1) is 0 Å². The van der Waals surface area contributed by atoms with E-state index in [0.29, 0.717) is 12.1 Å². The number of para-hydroxylation sites is 1. The maximum absolute atomic E-state index is 11.8. The van der Waals surface area contributed by atoms with E-state index in [9.17, 15) is 4.79 Å². The van der Waals surface area contributed by atoms with E-state index in [4.69, 9.17) is 5.73 Å². The first kappa shape index (κ1) is 12.9. The lowest BCUT2D eigenvalue weighted by atomic mass is 10.1. The molecule has 0 atom stereocenters. The van der Waals surface area contributed by atoms with Crippen molar-refractivity contribution in [3.8, 4) is 0 Å². The van der Waals surface area contributed by atoms with Crippen molar-refractivity contribution in [1.82, 2.24) is 5.32 Å². The highest BCUT2D eigenvalue weighted by Crippen LogP contribution is 2.09. The number of hydrogen-bond donors (Lipinski definition) is 2. The predicted octanol–water partition coefficient (Wildman–Crippen LogP) is 2.76. The van der Waals surface area contributed by atoms with Gasteiger partial charge in [-0.15, -0.1) is 0 Å². The summed E-state index contributed by atoms with van der Waals surface area (Å²) < 4.78 is 0. The van der Waals surface area contributed by atoms with Crippen LogP contribution in [0.25, 0.3) is 0 Å². The SMILES string of the molecule is Nc1ccccc1CNC=CC(=O)c1ccccc1. The van der Waals surface area contributed by atoms with Crippen molar-refractivity contribution in [2.45, 2.75) is 6.54 Å². The molecule has 3 heteroatoms. The van der Waals surface area contributed by atoms with Crippen LogP contribution in [0.4, 0.5) is 5.69 Å². The van der Waals surface area contributed by atoms with Gasteiger partial charge in [0.1, 0.15) is 0 Å². The molecule has 2 aromatic carbocycles. The van der Waals surface area contributed by atoms with E-state index >= 15 is 0 Å². The molecule has 0 aromatic heterocycles. The molecule has 2 aromatic rings. The molecule has 96 valence electrons. The summed E-state index contributed by atoms with van der Waals surface area (Å²) in [5.74, 6) is -0.0193. The van der Waals surface area contributed by atoms with Gasteiger partial charge in [-0.1, -0.05) is 48.5 Å². The summed E-state index contributed by atoms with van der Waals surface area (Å²) >= 11 is 0. The van der Waals surface area contributed by atoms with E-state index < -0.39 is 0 Å². The highest BCUT2D eigenvalue weighted by atomic mass is 16.1. The van der Waals surface area contributed by atoms with Crippen molar-refractivity contribution in [3.05, 3.63) is 78.0 Å². The zero-order chi connectivity index (χ0) is 13.5. The van der Waals surface area contributed by atoms with Crippen LogP contribution >= 0.6 is 0 Å². The van der Waals surface area contributed by atoms with Gasteiger partial charge in [0, 0.05) is 30.1 Å². The van der Waals surface area contributed by atoms with Crippen LogP contribution in [-0.2, 0) is 6.54 Å². The minimum atomic E-state index is -0.0193. The Kier molecular flexibility index (Phi) is 4.34. The summed E-state index contributed by atoms with van der Waals surface area (Å²) in [4.78, 5) is 11.8. The van der Waals surface area contributed by atoms with Gasteiger partial charge in [-0.05, 0) is 11.6 Å². The average molecular weight is 252 g/mol. The number of hydrogen-bond acceptors (Lipinski definition) is 3. The molecule has 0 radical (unpaired) electrons. The number of nitrogens with two attached hydrogens (primary N) is 1. The molecule has 3 nitrogen and oxygen atoms in total. The Morgan fingerprint density at radius 2 is 1.74 bits per heavy atom. The number of rotatable bonds is 5. The van der Waals surface area contributed by atoms with E-state index in [1.807, 2.05) is 42.5 Å². The topological polar surface area (TPSA) is 55.1 Å². The van der Waals surface area contributed by atoms with Gasteiger partial charge in [0.15, 0.2) is 5.78 Å². The van der Waals surface area contributed by atoms with Crippen molar-refractivity contribution in [3.63, 3.8) is 0 Å². The number of anilines is 1. The van der Waals surface area contributed by atoms with E-state index in [1.165, 1.54) is 6.08 Å². The second-order valence-corrected chi connectivity index (χ2v) is 4.14. The molecule has 0 bridgehead atoms. The second-order valence-electron chi connectivity index (χ2n) is 4.14. The van der Waals surface area contributed by atoms with Crippen LogP contribution in [0.2, 0.25) is 0 Å². The summed E-state index contributed by atoms with van der Waals surface area (Å²) in [5, 5.41) is 3.06. The zero-order valence-electron chi connectivity index (χ0n) is 10.5. The molecule has 0 fully saturated rings. The number of nitrogens with one attached hydrogen (secondary N) is 1. The lowest BCUT2D eigenvalue weighted by Crippen LogP contribution is -2.07. The fourth-order valence-corrected chi connectivity index (χ4v) is 1.70. The summed E-state index contributed by atoms with van der Waals surface area (Å²) in [6, 6.07) is 16.8. The zero-order valence-corrected chi connectivity index (χ0v) is 10.5. The van der Waals surface area contributed by atoms with Gasteiger partial charge in [-0.25, -0.2) is 0 Å². The summed E-state index contributed by atoms with van der Waals surface area (Å²) in [6.07, 6.45) is 3.18. The number of carbonyl (C=O) groups excluding carboxylic acids is 1. The van der Waals surface area contributed by atoms with Crippen molar-refractivity contribution in [2.24, 2.45) is 0 Å². The van der Waals surface area contributed by atoms with Gasteiger partial charge in [-0.2, -0.15) is 0 Å². The van der Waals surface area contributed by atoms with Crippen LogP contribution in [0.15, 0.2) is 66.9 Å². The molecule has 3 N–H and O–H groups in total. The Bertz CT molecular complexity index is 576. The summed E-state index contributed by atoms with van der Waals surface area (Å²) in [5.41, 5.74) is 8.26. The Labute approximate surface area is 112 Å². The molecule has 0 spiro atoms. The van der Waals surface area contributed by atoms with Crippen LogP contribution in [-0.4, -0.2) is 5.78 Å². The maximum Gasteiger partial charge on any atom is 0.187 e. The fourth-order valence-electron chi connectivity index (χ4n) is 1.70. The minimum Gasteiger partial charge on any atom is -0.398 e. The maximum atomic E-state index is 11.8. The van der Waals surface area contributed by atoms with E-state index in [0.717, 1.165) is 11.3 Å². The van der Waals surface area contributed by atoms with Crippen molar-refractivity contribution >= 4 is 11.5 Å². The lowest BCUT2D eigenvalue weighted by molar-refractivity contribution is 0.104. The standard InChI is InChI=1S/C16H16N2O/c17-15-9-5-4-8-14(15)12-18-11-10-16(19)13-6-2-1-3-7-13/h1-11,18H,12,17H2. The second kappa shape index (κ2) is 6.40. The van der Waals surface area contributed by atoms with Gasteiger partial charge >= 0.3 is 0 Å². The highest BCUT2D eigenvalue weighted by molar-refractivity contribution is 6.04. The molecule has 0 aliphatic heterocycles. The first-order valence-corrected chi connectivity index (χ1v) is 6.10. The molecule has 0 amide bonds. The highest BCUT2D eigenvalue weighted by Gasteiger charge is 1.99. The van der Waals surface area contributed by atoms with Crippen LogP contribution < -0.4 is 11.1 Å². The molecule has 0 aliphatic carbocycles. The third-order valence-electron chi connectivity index (χ3n) is 2.76. The van der Waals surface area contributed by atoms with Crippen molar-refractivity contribution in [1.29, 1.82) is 0 Å². The molecule has 2 rings (SSSR count). The number of ketones is 1. The summed E-state index contributed by atoms with van der Waals surface area (Å²) in [6.45, 7) is 0.602. The van der Waals surface area contributed by atoms with Crippen LogP contribution in [0.1, 0.15) is 15.9 Å². The molecule has 19 heavy (non-hydrogen) atoms. The van der Waals surface area contributed by atoms with Crippen molar-refractivity contribution in [2.75, 3.05) is 5.73 Å². The third-order valence-corrected chi connectivity index (χ3v) is 2.76. The smallest absolute Gasteiger partial charge is 0.187 e. The Morgan fingerprint density at radius 1 is 1.05 bits per heavy atom. The van der Waals surface area contributed by atoms with Crippen LogP contribution in [0.5, 0.6) is 0 Å². The fraction of sp³-hybridized carbons (Fsp3) is 0.0625. The Hall–Kier alpha value is -2.55. The molecule has 0 unspecified atom stereocenters. The molecular formula is C16H16N2O. The normalized spacial score (nSPS) is 10.5. The van der Waals surface area contributed by atoms with Gasteiger partial charge in [-0.3, -0.25) is 4.79 Å². The van der Waals surface area contributed by atoms with Crippen LogP contribution in [0.3, 0.4) is 0 Å². The van der Waals surface area contributed by atoms with E-state index in [-0.39, 0.29) is 5.78 Å². The van der Waals surface area contributed by atoms with Gasteiger partial charge in [0.25, 0.3) is 0 Å². The first-order valence-electron chi connectivity index (χ1n) is 6.10. The van der Waals surface area contributed by atoms with E-state index in [2.05, 4.69) is 5.32 Å². The molecule has 0 saturated carbocycles. The number of allylic oxidation sites excluding steroid dienone is 1. The average Bonchev–Trinajstić information content (AvgIpc) is 2.46. The van der Waals surface area contributed by atoms with Crippen molar-refractivity contribution < 1.29 is 4.79 Å². The largest absolute Gasteiger partial charge is 0.398 e. The first-order chi connectivity index (χ1) is 9.27. The van der Waals surface area contributed by atoms with Gasteiger partial charge < -0.3 is 11.1 Å². The number of carbonyl (C=O) groups is 1. The number of nitrogen functional groups attached to an aromatic ring is 1. The van der Waals surface area contributed by atoms with Crippen LogP contribution in [0, 0.1) is 0 Å². The lowest BCUT2D eigenvalue weighted by Gasteiger charge is -2.04. The Balaban J connectivity index is 1.88. The molecule has 0 heterocycles. The third kappa shape index (κ3) is 3.71. The number of benzene rings is 2. The minimum absolute atomic E-state index is 0.0193. The quantitative estimate of drug-likeness (QED) is 0.489. The molecule has 0 aliphatic rings. The molecule has 0 saturated heterocycles. The molecular weight excluding hydrogens is 236 g/mol.